The van der Waals surface area contributed by atoms with Gasteiger partial charge in [-0.15, -0.1) is 0 Å². The minimum absolute atomic E-state index is 0.0000742. The quantitative estimate of drug-likeness (QED) is 0.813. The lowest BCUT2D eigenvalue weighted by Crippen LogP contribution is -2.20. The molecule has 0 unspecified atom stereocenters. The fourth-order valence-corrected chi connectivity index (χ4v) is 3.19. The highest BCUT2D eigenvalue weighted by atomic mass is 35.5. The highest BCUT2D eigenvalue weighted by Gasteiger charge is 2.21. The van der Waals surface area contributed by atoms with Crippen molar-refractivity contribution in [3.8, 4) is 5.75 Å². The third-order valence-corrected chi connectivity index (χ3v) is 4.39. The molecule has 8 nitrogen and oxygen atoms in total. The molecule has 118 valence electrons. The Morgan fingerprint density at radius 2 is 2.23 bits per heavy atom. The second-order valence-electron chi connectivity index (χ2n) is 4.29. The second-order valence-corrected chi connectivity index (χ2v) is 6.35. The first-order chi connectivity index (χ1) is 10.3. The number of halogens is 1. The van der Waals surface area contributed by atoms with Crippen LogP contribution in [0.3, 0.4) is 0 Å². The van der Waals surface area contributed by atoms with Crippen molar-refractivity contribution in [2.45, 2.75) is 11.8 Å². The van der Waals surface area contributed by atoms with E-state index in [0.29, 0.717) is 5.56 Å². The topological polar surface area (TPSA) is 125 Å². The highest BCUT2D eigenvalue weighted by Crippen LogP contribution is 2.30. The van der Waals surface area contributed by atoms with Crippen LogP contribution in [-0.4, -0.2) is 26.1 Å². The summed E-state index contributed by atoms with van der Waals surface area (Å²) in [7, 11) is -3.99. The summed E-state index contributed by atoms with van der Waals surface area (Å²) < 4.78 is 36.5. The van der Waals surface area contributed by atoms with Gasteiger partial charge in [-0.25, -0.2) is 8.42 Å². The van der Waals surface area contributed by atoms with E-state index in [2.05, 4.69) is 14.4 Å². The number of primary amides is 1. The number of rotatable bonds is 6. The smallest absolute Gasteiger partial charge is 0.264 e. The van der Waals surface area contributed by atoms with Gasteiger partial charge in [0.1, 0.15) is 16.9 Å². The van der Waals surface area contributed by atoms with Crippen LogP contribution in [-0.2, 0) is 14.8 Å². The first kappa shape index (κ1) is 16.1. The van der Waals surface area contributed by atoms with Crippen LogP contribution in [0.2, 0.25) is 5.02 Å². The number of sulfonamides is 1. The standard InChI is InChI=1S/C12H12ClN3O5S/c1-7-4-8(13)10(5-9(7)20-6-11(14)17)22(18,19)16-12-2-3-21-15-12/h2-5H,6H2,1H3,(H2,14,17)(H,15,16). The van der Waals surface area contributed by atoms with Crippen LogP contribution in [0, 0.1) is 6.92 Å². The summed E-state index contributed by atoms with van der Waals surface area (Å²) >= 11 is 5.98. The van der Waals surface area contributed by atoms with Crippen LogP contribution in [0.25, 0.3) is 0 Å². The number of anilines is 1. The van der Waals surface area contributed by atoms with Gasteiger partial charge in [-0.05, 0) is 18.6 Å². The SMILES string of the molecule is Cc1cc(Cl)c(S(=O)(=O)Nc2ccon2)cc1OCC(N)=O. The van der Waals surface area contributed by atoms with Crippen molar-refractivity contribution in [1.82, 2.24) is 5.16 Å². The molecular formula is C12H12ClN3O5S. The lowest BCUT2D eigenvalue weighted by Gasteiger charge is -2.12. The number of nitrogens with one attached hydrogen (secondary N) is 1. The number of aryl methyl sites for hydroxylation is 1. The van der Waals surface area contributed by atoms with Gasteiger partial charge in [-0.3, -0.25) is 9.52 Å². The lowest BCUT2D eigenvalue weighted by atomic mass is 10.2. The maximum atomic E-state index is 12.3. The molecule has 2 rings (SSSR count). The third kappa shape index (κ3) is 3.68. The molecular weight excluding hydrogens is 334 g/mol. The lowest BCUT2D eigenvalue weighted by molar-refractivity contribution is -0.119. The molecule has 0 saturated carbocycles. The molecule has 3 N–H and O–H groups in total. The minimum atomic E-state index is -3.99. The van der Waals surface area contributed by atoms with Crippen molar-refractivity contribution >= 4 is 33.3 Å². The molecule has 1 heterocycles. The number of nitrogens with zero attached hydrogens (tertiary/aromatic N) is 1. The Hall–Kier alpha value is -2.26. The Balaban J connectivity index is 2.37. The summed E-state index contributed by atoms with van der Waals surface area (Å²) in [5.74, 6) is -0.487. The molecule has 1 aromatic carbocycles. The molecule has 1 amide bonds. The van der Waals surface area contributed by atoms with Gasteiger partial charge < -0.3 is 15.0 Å². The van der Waals surface area contributed by atoms with Gasteiger partial charge in [0.05, 0.1) is 5.02 Å². The van der Waals surface area contributed by atoms with Gasteiger partial charge in [-0.1, -0.05) is 16.8 Å². The van der Waals surface area contributed by atoms with E-state index < -0.39 is 15.9 Å². The number of amides is 1. The molecule has 0 fully saturated rings. The van der Waals surface area contributed by atoms with Crippen molar-refractivity contribution in [3.63, 3.8) is 0 Å². The normalized spacial score (nSPS) is 11.2. The molecule has 22 heavy (non-hydrogen) atoms. The number of carbonyl (C=O) groups excluding carboxylic acids is 1. The molecule has 1 aromatic heterocycles. The molecule has 0 aliphatic rings. The van der Waals surface area contributed by atoms with E-state index in [-0.39, 0.29) is 28.1 Å². The van der Waals surface area contributed by atoms with E-state index in [0.717, 1.165) is 0 Å². The zero-order chi connectivity index (χ0) is 16.3. The van der Waals surface area contributed by atoms with Crippen molar-refractivity contribution in [3.05, 3.63) is 35.0 Å². The van der Waals surface area contributed by atoms with Gasteiger partial charge in [0.25, 0.3) is 15.9 Å². The summed E-state index contributed by atoms with van der Waals surface area (Å²) in [6, 6.07) is 3.96. The van der Waals surface area contributed by atoms with Crippen LogP contribution in [0.15, 0.2) is 33.9 Å². The second kappa shape index (κ2) is 6.24. The Morgan fingerprint density at radius 3 is 2.82 bits per heavy atom. The summed E-state index contributed by atoms with van der Waals surface area (Å²) in [5, 5.41) is 3.46. The Morgan fingerprint density at radius 1 is 1.50 bits per heavy atom. The van der Waals surface area contributed by atoms with Crippen molar-refractivity contribution in [2.24, 2.45) is 5.73 Å². The molecule has 0 spiro atoms. The van der Waals surface area contributed by atoms with E-state index in [9.17, 15) is 13.2 Å². The molecule has 0 aliphatic carbocycles. The number of benzene rings is 1. The van der Waals surface area contributed by atoms with Gasteiger partial charge in [0.2, 0.25) is 0 Å². The Kier molecular flexibility index (Phi) is 4.57. The summed E-state index contributed by atoms with van der Waals surface area (Å²) in [4.78, 5) is 10.5. The zero-order valence-corrected chi connectivity index (χ0v) is 12.9. The highest BCUT2D eigenvalue weighted by molar-refractivity contribution is 7.92. The fraction of sp³-hybridized carbons (Fsp3) is 0.167. The maximum absolute atomic E-state index is 12.3. The third-order valence-electron chi connectivity index (χ3n) is 2.57. The predicted molar refractivity (Wildman–Crippen MR) is 78.2 cm³/mol. The number of hydrogen-bond donors (Lipinski definition) is 2. The molecule has 0 saturated heterocycles. The van der Waals surface area contributed by atoms with Crippen molar-refractivity contribution in [1.29, 1.82) is 0 Å². The van der Waals surface area contributed by atoms with Gasteiger partial charge in [-0.2, -0.15) is 0 Å². The molecule has 0 bridgehead atoms. The number of carbonyl (C=O) groups is 1. The van der Waals surface area contributed by atoms with Crippen LogP contribution >= 0.6 is 11.6 Å². The zero-order valence-electron chi connectivity index (χ0n) is 11.4. The van der Waals surface area contributed by atoms with E-state index in [1.54, 1.807) is 6.92 Å². The van der Waals surface area contributed by atoms with Gasteiger partial charge >= 0.3 is 0 Å². The number of ether oxygens (including phenoxy) is 1. The van der Waals surface area contributed by atoms with Crippen LogP contribution in [0.1, 0.15) is 5.56 Å². The summed E-state index contributed by atoms with van der Waals surface area (Å²) in [5.41, 5.74) is 5.56. The average Bonchev–Trinajstić information content (AvgIpc) is 2.89. The number of aromatic nitrogens is 1. The molecule has 0 atom stereocenters. The molecule has 0 radical (unpaired) electrons. The van der Waals surface area contributed by atoms with Crippen LogP contribution < -0.4 is 15.2 Å². The summed E-state index contributed by atoms with van der Waals surface area (Å²) in [6.45, 7) is 1.28. The number of nitrogens with two attached hydrogens (primary N) is 1. The van der Waals surface area contributed by atoms with Crippen molar-refractivity contribution in [2.75, 3.05) is 11.3 Å². The van der Waals surface area contributed by atoms with E-state index in [1.165, 1.54) is 24.5 Å². The first-order valence-electron chi connectivity index (χ1n) is 5.94. The summed E-state index contributed by atoms with van der Waals surface area (Å²) in [6.07, 6.45) is 1.22. The van der Waals surface area contributed by atoms with E-state index >= 15 is 0 Å². The fourth-order valence-electron chi connectivity index (χ4n) is 1.60. The van der Waals surface area contributed by atoms with E-state index in [1.807, 2.05) is 0 Å². The van der Waals surface area contributed by atoms with Crippen LogP contribution in [0.5, 0.6) is 5.75 Å². The monoisotopic (exact) mass is 345 g/mol. The Labute approximate surface area is 131 Å². The van der Waals surface area contributed by atoms with Crippen molar-refractivity contribution < 1.29 is 22.5 Å². The van der Waals surface area contributed by atoms with Crippen LogP contribution in [0.4, 0.5) is 5.82 Å². The number of hydrogen-bond acceptors (Lipinski definition) is 6. The molecule has 2 aromatic rings. The first-order valence-corrected chi connectivity index (χ1v) is 7.80. The average molecular weight is 346 g/mol. The minimum Gasteiger partial charge on any atom is -0.483 e. The molecule has 0 aliphatic heterocycles. The predicted octanol–water partition coefficient (Wildman–Crippen LogP) is 1.30. The van der Waals surface area contributed by atoms with Gasteiger partial charge in [0.15, 0.2) is 12.4 Å². The maximum Gasteiger partial charge on any atom is 0.264 e. The largest absolute Gasteiger partial charge is 0.483 e. The Bertz CT molecular complexity index is 789. The van der Waals surface area contributed by atoms with E-state index in [4.69, 9.17) is 22.1 Å². The molecule has 10 heteroatoms. The van der Waals surface area contributed by atoms with Gasteiger partial charge in [0, 0.05) is 12.1 Å².